The maximum Gasteiger partial charge on any atom is 0.270 e. The Balaban J connectivity index is 2.14. The van der Waals surface area contributed by atoms with E-state index >= 15 is 0 Å². The summed E-state index contributed by atoms with van der Waals surface area (Å²) in [5, 5.41) is 14.2. The molecule has 1 saturated carbocycles. The maximum absolute atomic E-state index is 10.9. The van der Waals surface area contributed by atoms with E-state index in [9.17, 15) is 10.1 Å². The van der Waals surface area contributed by atoms with Gasteiger partial charge in [0, 0.05) is 30.3 Å². The van der Waals surface area contributed by atoms with Gasteiger partial charge < -0.3 is 10.1 Å². The molecule has 1 aliphatic rings. The largest absolute Gasteiger partial charge is 0.490 e. The van der Waals surface area contributed by atoms with Gasteiger partial charge in [0.2, 0.25) is 0 Å². The second-order valence-electron chi connectivity index (χ2n) is 5.96. The average molecular weight is 292 g/mol. The molecule has 1 N–H and O–H groups in total. The van der Waals surface area contributed by atoms with Crippen molar-refractivity contribution in [2.45, 2.75) is 64.6 Å². The number of nitrogens with zero attached hydrogens (tertiary/aromatic N) is 1. The van der Waals surface area contributed by atoms with Crippen molar-refractivity contribution in [3.63, 3.8) is 0 Å². The van der Waals surface area contributed by atoms with E-state index < -0.39 is 0 Å². The normalized spacial score (nSPS) is 16.1. The van der Waals surface area contributed by atoms with Gasteiger partial charge in [-0.05, 0) is 31.7 Å². The van der Waals surface area contributed by atoms with Crippen LogP contribution in [0.15, 0.2) is 18.2 Å². The van der Waals surface area contributed by atoms with Crippen molar-refractivity contribution in [1.82, 2.24) is 5.32 Å². The zero-order valence-electron chi connectivity index (χ0n) is 12.8. The van der Waals surface area contributed by atoms with Gasteiger partial charge in [-0.2, -0.15) is 0 Å². The van der Waals surface area contributed by atoms with Crippen LogP contribution >= 0.6 is 0 Å². The van der Waals surface area contributed by atoms with Crippen molar-refractivity contribution in [3.8, 4) is 5.75 Å². The number of hydrogen-bond acceptors (Lipinski definition) is 4. The molecule has 0 bridgehead atoms. The Morgan fingerprint density at radius 3 is 2.67 bits per heavy atom. The fourth-order valence-corrected chi connectivity index (χ4v) is 2.61. The molecule has 2 rings (SSSR count). The van der Waals surface area contributed by atoms with Crippen LogP contribution in [0.1, 0.15) is 51.5 Å². The summed E-state index contributed by atoms with van der Waals surface area (Å²) in [7, 11) is 0. The van der Waals surface area contributed by atoms with E-state index in [1.165, 1.54) is 25.3 Å². The zero-order valence-corrected chi connectivity index (χ0v) is 12.8. The van der Waals surface area contributed by atoms with Crippen molar-refractivity contribution >= 4 is 5.69 Å². The van der Waals surface area contributed by atoms with Crippen molar-refractivity contribution in [2.75, 3.05) is 0 Å². The second kappa shape index (κ2) is 7.41. The van der Waals surface area contributed by atoms with Crippen LogP contribution in [-0.2, 0) is 6.54 Å². The van der Waals surface area contributed by atoms with Crippen molar-refractivity contribution in [1.29, 1.82) is 0 Å². The fraction of sp³-hybridized carbons (Fsp3) is 0.625. The first-order valence-corrected chi connectivity index (χ1v) is 7.73. The van der Waals surface area contributed by atoms with Crippen LogP contribution in [0.25, 0.3) is 0 Å². The topological polar surface area (TPSA) is 64.4 Å². The minimum atomic E-state index is -0.358. The van der Waals surface area contributed by atoms with Gasteiger partial charge in [0.1, 0.15) is 5.75 Å². The quantitative estimate of drug-likeness (QED) is 0.639. The number of rotatable bonds is 6. The number of ether oxygens (including phenoxy) is 1. The van der Waals surface area contributed by atoms with Crippen molar-refractivity contribution in [3.05, 3.63) is 33.9 Å². The summed E-state index contributed by atoms with van der Waals surface area (Å²) in [4.78, 5) is 10.6. The predicted molar refractivity (Wildman–Crippen MR) is 82.6 cm³/mol. The molecule has 21 heavy (non-hydrogen) atoms. The first-order valence-electron chi connectivity index (χ1n) is 7.73. The molecule has 1 aliphatic carbocycles. The molecule has 1 aromatic carbocycles. The van der Waals surface area contributed by atoms with E-state index in [4.69, 9.17) is 4.74 Å². The Morgan fingerprint density at radius 2 is 2.05 bits per heavy atom. The van der Waals surface area contributed by atoms with Gasteiger partial charge in [0.25, 0.3) is 5.69 Å². The second-order valence-corrected chi connectivity index (χ2v) is 5.96. The first kappa shape index (κ1) is 15.8. The van der Waals surface area contributed by atoms with E-state index in [-0.39, 0.29) is 16.7 Å². The Morgan fingerprint density at radius 1 is 1.33 bits per heavy atom. The monoisotopic (exact) mass is 292 g/mol. The number of benzene rings is 1. The van der Waals surface area contributed by atoms with Crippen LogP contribution in [-0.4, -0.2) is 17.1 Å². The van der Waals surface area contributed by atoms with Gasteiger partial charge in [-0.3, -0.25) is 10.1 Å². The Hall–Kier alpha value is -1.62. The van der Waals surface area contributed by atoms with Crippen LogP contribution in [0, 0.1) is 10.1 Å². The lowest BCUT2D eigenvalue weighted by molar-refractivity contribution is -0.384. The molecule has 0 amide bonds. The zero-order chi connectivity index (χ0) is 15.2. The highest BCUT2D eigenvalue weighted by molar-refractivity contribution is 5.44. The van der Waals surface area contributed by atoms with Gasteiger partial charge in [-0.15, -0.1) is 0 Å². The van der Waals surface area contributed by atoms with Crippen LogP contribution in [0.5, 0.6) is 5.75 Å². The lowest BCUT2D eigenvalue weighted by atomic mass is 9.97. The van der Waals surface area contributed by atoms with Gasteiger partial charge in [0.05, 0.1) is 11.0 Å². The number of nitrogens with one attached hydrogen (secondary N) is 1. The molecule has 0 saturated heterocycles. The summed E-state index contributed by atoms with van der Waals surface area (Å²) < 4.78 is 6.09. The SMILES string of the molecule is CC(C)NCc1cc([N+](=O)[O-])ccc1OC1CCCCC1. The third kappa shape index (κ3) is 4.70. The lowest BCUT2D eigenvalue weighted by Gasteiger charge is -2.24. The first-order chi connectivity index (χ1) is 10.1. The average Bonchev–Trinajstić information content (AvgIpc) is 2.47. The molecule has 0 heterocycles. The van der Waals surface area contributed by atoms with Crippen molar-refractivity contribution < 1.29 is 9.66 Å². The van der Waals surface area contributed by atoms with Crippen molar-refractivity contribution in [2.24, 2.45) is 0 Å². The van der Waals surface area contributed by atoms with E-state index in [0.29, 0.717) is 12.6 Å². The molecule has 1 aromatic rings. The molecule has 0 unspecified atom stereocenters. The molecule has 0 atom stereocenters. The van der Waals surface area contributed by atoms with Gasteiger partial charge >= 0.3 is 0 Å². The Labute approximate surface area is 125 Å². The molecule has 5 nitrogen and oxygen atoms in total. The fourth-order valence-electron chi connectivity index (χ4n) is 2.61. The molecule has 0 aromatic heterocycles. The van der Waals surface area contributed by atoms with E-state index in [0.717, 1.165) is 24.2 Å². The van der Waals surface area contributed by atoms with Gasteiger partial charge in [-0.25, -0.2) is 0 Å². The van der Waals surface area contributed by atoms with E-state index in [1.807, 2.05) is 0 Å². The summed E-state index contributed by atoms with van der Waals surface area (Å²) in [6, 6.07) is 5.21. The molecular formula is C16H24N2O3. The lowest BCUT2D eigenvalue weighted by Crippen LogP contribution is -2.24. The summed E-state index contributed by atoms with van der Waals surface area (Å²) in [6.07, 6.45) is 6.09. The Bertz CT molecular complexity index is 482. The third-order valence-electron chi connectivity index (χ3n) is 3.80. The van der Waals surface area contributed by atoms with Gasteiger partial charge in [-0.1, -0.05) is 20.3 Å². The molecule has 0 aliphatic heterocycles. The van der Waals surface area contributed by atoms with E-state index in [1.54, 1.807) is 12.1 Å². The minimum Gasteiger partial charge on any atom is -0.490 e. The van der Waals surface area contributed by atoms with Crippen LogP contribution in [0.3, 0.4) is 0 Å². The number of nitro benzene ring substituents is 1. The highest BCUT2D eigenvalue weighted by Crippen LogP contribution is 2.28. The molecule has 0 radical (unpaired) electrons. The number of hydrogen-bond donors (Lipinski definition) is 1. The summed E-state index contributed by atoms with van der Waals surface area (Å²) in [5.41, 5.74) is 0.982. The molecule has 5 heteroatoms. The molecule has 1 fully saturated rings. The molecular weight excluding hydrogens is 268 g/mol. The van der Waals surface area contributed by atoms with Crippen LogP contribution in [0.4, 0.5) is 5.69 Å². The molecule has 0 spiro atoms. The van der Waals surface area contributed by atoms with Crippen LogP contribution < -0.4 is 10.1 Å². The number of nitro groups is 1. The van der Waals surface area contributed by atoms with Gasteiger partial charge in [0.15, 0.2) is 0 Å². The van der Waals surface area contributed by atoms with E-state index in [2.05, 4.69) is 19.2 Å². The smallest absolute Gasteiger partial charge is 0.270 e. The minimum absolute atomic E-state index is 0.117. The highest BCUT2D eigenvalue weighted by atomic mass is 16.6. The Kier molecular flexibility index (Phi) is 5.56. The third-order valence-corrected chi connectivity index (χ3v) is 3.80. The van der Waals surface area contributed by atoms with Crippen LogP contribution in [0.2, 0.25) is 0 Å². The summed E-state index contributed by atoms with van der Waals surface area (Å²) in [6.45, 7) is 4.69. The summed E-state index contributed by atoms with van der Waals surface area (Å²) >= 11 is 0. The predicted octanol–water partition coefficient (Wildman–Crippen LogP) is 3.80. The maximum atomic E-state index is 10.9. The molecule has 116 valence electrons. The number of non-ortho nitro benzene ring substituents is 1. The standard InChI is InChI=1S/C16H24N2O3/c1-12(2)17-11-13-10-14(18(19)20)8-9-16(13)21-15-6-4-3-5-7-15/h8-10,12,15,17H,3-7,11H2,1-2H3. The highest BCUT2D eigenvalue weighted by Gasteiger charge is 2.18. The summed E-state index contributed by atoms with van der Waals surface area (Å²) in [5.74, 6) is 0.778.